The van der Waals surface area contributed by atoms with Gasteiger partial charge in [0.25, 0.3) is 5.56 Å². The van der Waals surface area contributed by atoms with Crippen LogP contribution in [0.15, 0.2) is 45.0 Å². The quantitative estimate of drug-likeness (QED) is 0.581. The lowest BCUT2D eigenvalue weighted by atomic mass is 10.2. The van der Waals surface area contributed by atoms with Crippen LogP contribution in [0, 0.1) is 6.92 Å². The maximum Gasteiger partial charge on any atom is 0.332 e. The van der Waals surface area contributed by atoms with Crippen molar-refractivity contribution in [3.63, 3.8) is 0 Å². The summed E-state index contributed by atoms with van der Waals surface area (Å²) in [5.41, 5.74) is 0.727. The molecule has 1 aliphatic rings. The van der Waals surface area contributed by atoms with Gasteiger partial charge in [-0.05, 0) is 42.9 Å². The fraction of sp³-hybridized carbons (Fsp3) is 0.409. The van der Waals surface area contributed by atoms with Gasteiger partial charge in [-0.2, -0.15) is 4.98 Å². The van der Waals surface area contributed by atoms with Gasteiger partial charge in [-0.1, -0.05) is 12.1 Å². The van der Waals surface area contributed by atoms with Crippen LogP contribution >= 0.6 is 11.8 Å². The molecule has 170 valence electrons. The molecule has 1 atom stereocenters. The lowest BCUT2D eigenvalue weighted by molar-refractivity contribution is 0.277. The fourth-order valence-electron chi connectivity index (χ4n) is 3.83. The van der Waals surface area contributed by atoms with Crippen LogP contribution in [0.5, 0.6) is 11.8 Å². The van der Waals surface area contributed by atoms with Crippen molar-refractivity contribution in [3.05, 3.63) is 61.8 Å². The number of nitrogens with zero attached hydrogens (tertiary/aromatic N) is 5. The Balaban J connectivity index is 1.89. The second-order valence-electron chi connectivity index (χ2n) is 7.95. The molecule has 0 saturated carbocycles. The Bertz CT molecular complexity index is 1310. The van der Waals surface area contributed by atoms with E-state index in [1.54, 1.807) is 23.4 Å². The Morgan fingerprint density at radius 1 is 1.19 bits per heavy atom. The zero-order chi connectivity index (χ0) is 23.0. The van der Waals surface area contributed by atoms with E-state index in [1.165, 1.54) is 9.47 Å². The van der Waals surface area contributed by atoms with Crippen LogP contribution in [0.1, 0.15) is 18.9 Å². The Morgan fingerprint density at radius 3 is 2.62 bits per heavy atom. The highest BCUT2D eigenvalue weighted by Crippen LogP contribution is 2.34. The molecule has 4 rings (SSSR count). The second kappa shape index (κ2) is 8.87. The number of allylic oxidation sites excluding steroid dienone is 1. The smallest absolute Gasteiger partial charge is 0.332 e. The average molecular weight is 458 g/mol. The van der Waals surface area contributed by atoms with Crippen LogP contribution in [0.4, 0.5) is 0 Å². The van der Waals surface area contributed by atoms with Gasteiger partial charge in [0.1, 0.15) is 5.75 Å². The van der Waals surface area contributed by atoms with Gasteiger partial charge in [0.2, 0.25) is 0 Å². The number of benzene rings is 1. The van der Waals surface area contributed by atoms with E-state index in [1.807, 2.05) is 45.2 Å². The summed E-state index contributed by atoms with van der Waals surface area (Å²) in [6.07, 6.45) is 2.37. The summed E-state index contributed by atoms with van der Waals surface area (Å²) < 4.78 is 10.4. The number of imidazole rings is 1. The molecule has 0 amide bonds. The molecule has 1 aliphatic heterocycles. The Kier molecular flexibility index (Phi) is 6.16. The molecule has 1 aromatic carbocycles. The minimum Gasteiger partial charge on any atom is -0.425 e. The standard InChI is InChI=1S/C22H27N5O4S/c1-14-7-5-8-16(11-14)31-21-23-19-18(27(21)13-17-24(3)12-15(2)32-17)20(29)26(9-6-10-28)22(30)25(19)4/h5,7-8,11-12,17,28H,6,9-10,13H2,1-4H3. The number of likely N-dealkylation sites (N-methyl/N-ethyl adjacent to an activating group) is 1. The van der Waals surface area contributed by atoms with Crippen molar-refractivity contribution in [3.8, 4) is 11.8 Å². The summed E-state index contributed by atoms with van der Waals surface area (Å²) in [7, 11) is 3.58. The first-order chi connectivity index (χ1) is 15.3. The lowest BCUT2D eigenvalue weighted by Crippen LogP contribution is -2.40. The highest BCUT2D eigenvalue weighted by atomic mass is 32.2. The average Bonchev–Trinajstić information content (AvgIpc) is 3.26. The van der Waals surface area contributed by atoms with Gasteiger partial charge in [-0.15, -0.1) is 11.8 Å². The number of thioether (sulfide) groups is 1. The van der Waals surface area contributed by atoms with Crippen LogP contribution in [0.3, 0.4) is 0 Å². The number of aromatic nitrogens is 4. The van der Waals surface area contributed by atoms with Crippen LogP contribution in [0.2, 0.25) is 0 Å². The second-order valence-corrected chi connectivity index (χ2v) is 9.37. The van der Waals surface area contributed by atoms with Crippen molar-refractivity contribution in [2.45, 2.75) is 38.7 Å². The van der Waals surface area contributed by atoms with E-state index in [2.05, 4.69) is 16.1 Å². The molecule has 0 saturated heterocycles. The first kappa shape index (κ1) is 22.2. The molecule has 1 unspecified atom stereocenters. The van der Waals surface area contributed by atoms with Crippen molar-refractivity contribution < 1.29 is 9.84 Å². The van der Waals surface area contributed by atoms with Gasteiger partial charge < -0.3 is 14.7 Å². The molecule has 2 aromatic heterocycles. The number of ether oxygens (including phenoxy) is 1. The topological polar surface area (TPSA) is 94.5 Å². The molecule has 3 heterocycles. The highest BCUT2D eigenvalue weighted by molar-refractivity contribution is 8.03. The first-order valence-electron chi connectivity index (χ1n) is 10.4. The first-order valence-corrected chi connectivity index (χ1v) is 11.3. The Labute approximate surface area is 189 Å². The molecule has 3 aromatic rings. The zero-order valence-electron chi connectivity index (χ0n) is 18.6. The molecular formula is C22H27N5O4S. The lowest BCUT2D eigenvalue weighted by Gasteiger charge is -2.21. The van der Waals surface area contributed by atoms with E-state index in [0.717, 1.165) is 10.1 Å². The predicted octanol–water partition coefficient (Wildman–Crippen LogP) is 2.25. The molecule has 1 N–H and O–H groups in total. The molecule has 9 nitrogen and oxygen atoms in total. The largest absolute Gasteiger partial charge is 0.425 e. The summed E-state index contributed by atoms with van der Waals surface area (Å²) in [6, 6.07) is 7.85. The van der Waals surface area contributed by atoms with E-state index in [4.69, 9.17) is 4.74 Å². The summed E-state index contributed by atoms with van der Waals surface area (Å²) in [4.78, 5) is 34.0. The number of fused-ring (bicyclic) bond motifs is 1. The third kappa shape index (κ3) is 4.07. The summed E-state index contributed by atoms with van der Waals surface area (Å²) in [5, 5.41) is 9.26. The van der Waals surface area contributed by atoms with Gasteiger partial charge in [-0.3, -0.25) is 18.5 Å². The fourth-order valence-corrected chi connectivity index (χ4v) is 4.94. The maximum atomic E-state index is 13.4. The minimum atomic E-state index is -0.465. The predicted molar refractivity (Wildman–Crippen MR) is 125 cm³/mol. The molecule has 0 spiro atoms. The van der Waals surface area contributed by atoms with Gasteiger partial charge in [0.15, 0.2) is 11.2 Å². The molecule has 0 aliphatic carbocycles. The third-order valence-electron chi connectivity index (χ3n) is 5.44. The van der Waals surface area contributed by atoms with Crippen molar-refractivity contribution in [1.29, 1.82) is 0 Å². The van der Waals surface area contributed by atoms with Crippen LogP contribution in [-0.4, -0.2) is 47.7 Å². The van der Waals surface area contributed by atoms with Crippen LogP contribution < -0.4 is 16.0 Å². The van der Waals surface area contributed by atoms with E-state index < -0.39 is 11.2 Å². The molecule has 0 bridgehead atoms. The number of rotatable bonds is 7. The number of hydrogen-bond acceptors (Lipinski definition) is 7. The third-order valence-corrected chi connectivity index (χ3v) is 6.67. The molecule has 32 heavy (non-hydrogen) atoms. The normalized spacial score (nSPS) is 16.1. The van der Waals surface area contributed by atoms with Crippen molar-refractivity contribution in [1.82, 2.24) is 23.6 Å². The maximum absolute atomic E-state index is 13.4. The monoisotopic (exact) mass is 457 g/mol. The summed E-state index contributed by atoms with van der Waals surface area (Å²) in [5.74, 6) is 0.605. The number of aliphatic hydroxyl groups excluding tert-OH is 1. The van der Waals surface area contributed by atoms with E-state index in [9.17, 15) is 14.7 Å². The van der Waals surface area contributed by atoms with E-state index >= 15 is 0 Å². The number of hydrogen-bond donors (Lipinski definition) is 1. The number of aliphatic hydroxyl groups is 1. The van der Waals surface area contributed by atoms with Crippen LogP contribution in [0.25, 0.3) is 11.2 Å². The molecule has 10 heteroatoms. The van der Waals surface area contributed by atoms with Crippen molar-refractivity contribution in [2.75, 3.05) is 13.7 Å². The molecule has 0 fully saturated rings. The molecular weight excluding hydrogens is 430 g/mol. The van der Waals surface area contributed by atoms with Gasteiger partial charge in [0.05, 0.1) is 11.9 Å². The Morgan fingerprint density at radius 2 is 1.97 bits per heavy atom. The highest BCUT2D eigenvalue weighted by Gasteiger charge is 2.27. The van der Waals surface area contributed by atoms with Gasteiger partial charge in [0, 0.05) is 33.4 Å². The van der Waals surface area contributed by atoms with Gasteiger partial charge >= 0.3 is 11.7 Å². The van der Waals surface area contributed by atoms with Crippen molar-refractivity contribution in [2.24, 2.45) is 7.05 Å². The van der Waals surface area contributed by atoms with Crippen molar-refractivity contribution >= 4 is 22.9 Å². The summed E-state index contributed by atoms with van der Waals surface area (Å²) >= 11 is 1.70. The van der Waals surface area contributed by atoms with Gasteiger partial charge in [-0.25, -0.2) is 4.79 Å². The Hall–Kier alpha value is -2.98. The number of aryl methyl sites for hydroxylation is 2. The minimum absolute atomic E-state index is 0.0507. The SMILES string of the molecule is CC1=CN(C)C(Cn2c(Oc3cccc(C)c3)nc3c2c(=O)n(CCCO)c(=O)n3C)S1. The summed E-state index contributed by atoms with van der Waals surface area (Å²) in [6.45, 7) is 4.49. The molecule has 0 radical (unpaired) electrons. The van der Waals surface area contributed by atoms with E-state index in [0.29, 0.717) is 24.2 Å². The zero-order valence-corrected chi connectivity index (χ0v) is 19.4. The van der Waals surface area contributed by atoms with E-state index in [-0.39, 0.29) is 30.2 Å². The van der Waals surface area contributed by atoms with Crippen LogP contribution in [-0.2, 0) is 20.1 Å².